The van der Waals surface area contributed by atoms with Gasteiger partial charge in [0, 0.05) is 12.6 Å². The van der Waals surface area contributed by atoms with Crippen LogP contribution in [0.3, 0.4) is 0 Å². The molecule has 146 valence electrons. The minimum absolute atomic E-state index is 0.0612. The van der Waals surface area contributed by atoms with Gasteiger partial charge in [-0.1, -0.05) is 29.8 Å². The number of carboxylic acids is 1. The third-order valence-corrected chi connectivity index (χ3v) is 4.55. The highest BCUT2D eigenvalue weighted by molar-refractivity contribution is 5.92. The minimum Gasteiger partial charge on any atom is -0.477 e. The molecule has 28 heavy (non-hydrogen) atoms. The van der Waals surface area contributed by atoms with Crippen molar-refractivity contribution in [2.75, 3.05) is 5.32 Å². The molecule has 3 rings (SSSR count). The monoisotopic (exact) mass is 381 g/mol. The normalized spacial score (nSPS) is 10.8. The van der Waals surface area contributed by atoms with E-state index in [-0.39, 0.29) is 24.6 Å². The van der Waals surface area contributed by atoms with Crippen molar-refractivity contribution in [3.8, 4) is 0 Å². The standard InChI is InChI=1S/C20H23N5O3/c1-13-5-4-6-16(11-13)12-25-15(3)19(14(2)23-25)22-18(26)8-10-24-17(20(27)28)7-9-21-24/h4-7,9,11H,8,10,12H2,1-3H3,(H,22,26)(H,27,28). The summed E-state index contributed by atoms with van der Waals surface area (Å²) < 4.78 is 3.18. The first-order valence-electron chi connectivity index (χ1n) is 8.99. The molecular weight excluding hydrogens is 358 g/mol. The van der Waals surface area contributed by atoms with Crippen molar-refractivity contribution in [2.45, 2.75) is 40.3 Å². The molecule has 1 amide bonds. The first-order chi connectivity index (χ1) is 13.3. The highest BCUT2D eigenvalue weighted by Gasteiger charge is 2.16. The molecule has 0 aliphatic rings. The maximum atomic E-state index is 12.4. The van der Waals surface area contributed by atoms with Gasteiger partial charge in [0.05, 0.1) is 30.2 Å². The first-order valence-corrected chi connectivity index (χ1v) is 8.99. The molecule has 2 heterocycles. The Balaban J connectivity index is 1.67. The Morgan fingerprint density at radius 2 is 1.93 bits per heavy atom. The molecule has 0 saturated heterocycles. The molecule has 0 aliphatic carbocycles. The van der Waals surface area contributed by atoms with Crippen LogP contribution < -0.4 is 5.32 Å². The van der Waals surface area contributed by atoms with Crippen LogP contribution in [-0.2, 0) is 17.9 Å². The summed E-state index contributed by atoms with van der Waals surface area (Å²) >= 11 is 0. The average Bonchev–Trinajstić information content (AvgIpc) is 3.21. The number of anilines is 1. The van der Waals surface area contributed by atoms with Crippen LogP contribution in [-0.4, -0.2) is 36.5 Å². The number of carboxylic acid groups (broad SMARTS) is 1. The van der Waals surface area contributed by atoms with Crippen molar-refractivity contribution in [3.05, 3.63) is 64.7 Å². The number of nitrogens with zero attached hydrogens (tertiary/aromatic N) is 4. The second-order valence-corrected chi connectivity index (χ2v) is 6.74. The molecule has 2 N–H and O–H groups in total. The smallest absolute Gasteiger partial charge is 0.354 e. The van der Waals surface area contributed by atoms with Crippen LogP contribution in [0.1, 0.15) is 39.4 Å². The van der Waals surface area contributed by atoms with Crippen LogP contribution in [0, 0.1) is 20.8 Å². The maximum Gasteiger partial charge on any atom is 0.354 e. The molecule has 3 aromatic rings. The first kappa shape index (κ1) is 19.3. The quantitative estimate of drug-likeness (QED) is 0.655. The van der Waals surface area contributed by atoms with E-state index in [0.717, 1.165) is 17.0 Å². The Hall–Kier alpha value is -3.42. The molecule has 0 saturated carbocycles. The molecule has 0 spiro atoms. The van der Waals surface area contributed by atoms with Gasteiger partial charge in [0.15, 0.2) is 0 Å². The molecular formula is C20H23N5O3. The topological polar surface area (TPSA) is 102 Å². The summed E-state index contributed by atoms with van der Waals surface area (Å²) in [4.78, 5) is 23.5. The number of aryl methyl sites for hydroxylation is 3. The van der Waals surface area contributed by atoms with E-state index in [1.54, 1.807) is 0 Å². The summed E-state index contributed by atoms with van der Waals surface area (Å²) in [5, 5.41) is 20.5. The van der Waals surface area contributed by atoms with Gasteiger partial charge in [-0.05, 0) is 32.4 Å². The number of nitrogens with one attached hydrogen (secondary N) is 1. The van der Waals surface area contributed by atoms with Crippen molar-refractivity contribution in [2.24, 2.45) is 0 Å². The lowest BCUT2D eigenvalue weighted by Crippen LogP contribution is -2.18. The Bertz CT molecular complexity index is 1020. The van der Waals surface area contributed by atoms with Gasteiger partial charge in [-0.3, -0.25) is 14.2 Å². The maximum absolute atomic E-state index is 12.4. The molecule has 0 aliphatic heterocycles. The zero-order chi connectivity index (χ0) is 20.3. The molecule has 2 aromatic heterocycles. The van der Waals surface area contributed by atoms with Crippen LogP contribution in [0.5, 0.6) is 0 Å². The van der Waals surface area contributed by atoms with Crippen LogP contribution in [0.15, 0.2) is 36.5 Å². The van der Waals surface area contributed by atoms with Crippen LogP contribution in [0.25, 0.3) is 0 Å². The molecule has 0 unspecified atom stereocenters. The van der Waals surface area contributed by atoms with Crippen molar-refractivity contribution in [3.63, 3.8) is 0 Å². The van der Waals surface area contributed by atoms with E-state index in [1.807, 2.05) is 43.7 Å². The van der Waals surface area contributed by atoms with Gasteiger partial charge in [-0.15, -0.1) is 0 Å². The molecule has 1 aromatic carbocycles. The van der Waals surface area contributed by atoms with Gasteiger partial charge in [0.2, 0.25) is 5.91 Å². The number of benzene rings is 1. The minimum atomic E-state index is -1.07. The van der Waals surface area contributed by atoms with Gasteiger partial charge in [-0.25, -0.2) is 4.79 Å². The Kier molecular flexibility index (Phi) is 5.58. The summed E-state index contributed by atoms with van der Waals surface area (Å²) in [6, 6.07) is 9.62. The number of hydrogen-bond donors (Lipinski definition) is 2. The van der Waals surface area contributed by atoms with Crippen molar-refractivity contribution < 1.29 is 14.7 Å². The Morgan fingerprint density at radius 1 is 1.14 bits per heavy atom. The number of aromatic carboxylic acids is 1. The molecule has 0 radical (unpaired) electrons. The van der Waals surface area contributed by atoms with E-state index in [1.165, 1.54) is 22.5 Å². The van der Waals surface area contributed by atoms with Gasteiger partial charge in [-0.2, -0.15) is 10.2 Å². The fourth-order valence-electron chi connectivity index (χ4n) is 3.12. The third kappa shape index (κ3) is 4.28. The summed E-state index contributed by atoms with van der Waals surface area (Å²) in [5.41, 5.74) is 4.69. The van der Waals surface area contributed by atoms with E-state index in [0.29, 0.717) is 12.2 Å². The number of carbonyl (C=O) groups is 2. The SMILES string of the molecule is Cc1cccc(Cn2nc(C)c(NC(=O)CCn3nccc3C(=O)O)c2C)c1. The van der Waals surface area contributed by atoms with E-state index in [4.69, 9.17) is 5.11 Å². The molecule has 0 bridgehead atoms. The fourth-order valence-corrected chi connectivity index (χ4v) is 3.12. The van der Waals surface area contributed by atoms with Crippen LogP contribution in [0.4, 0.5) is 5.69 Å². The van der Waals surface area contributed by atoms with E-state index < -0.39 is 5.97 Å². The Labute approximate surface area is 162 Å². The second-order valence-electron chi connectivity index (χ2n) is 6.74. The summed E-state index contributed by atoms with van der Waals surface area (Å²) in [6.45, 7) is 6.63. The van der Waals surface area contributed by atoms with Gasteiger partial charge < -0.3 is 10.4 Å². The number of rotatable bonds is 7. The van der Waals surface area contributed by atoms with E-state index in [2.05, 4.69) is 21.6 Å². The highest BCUT2D eigenvalue weighted by atomic mass is 16.4. The summed E-state index contributed by atoms with van der Waals surface area (Å²) in [6.07, 6.45) is 1.52. The summed E-state index contributed by atoms with van der Waals surface area (Å²) in [7, 11) is 0. The van der Waals surface area contributed by atoms with Crippen LogP contribution in [0.2, 0.25) is 0 Å². The highest BCUT2D eigenvalue weighted by Crippen LogP contribution is 2.21. The Morgan fingerprint density at radius 3 is 2.64 bits per heavy atom. The fraction of sp³-hybridized carbons (Fsp3) is 0.300. The predicted molar refractivity (Wildman–Crippen MR) is 104 cm³/mol. The zero-order valence-corrected chi connectivity index (χ0v) is 16.1. The zero-order valence-electron chi connectivity index (χ0n) is 16.1. The third-order valence-electron chi connectivity index (χ3n) is 4.55. The number of amides is 1. The van der Waals surface area contributed by atoms with Crippen molar-refractivity contribution in [1.82, 2.24) is 19.6 Å². The van der Waals surface area contributed by atoms with Gasteiger partial charge in [0.1, 0.15) is 5.69 Å². The van der Waals surface area contributed by atoms with E-state index >= 15 is 0 Å². The predicted octanol–water partition coefficient (Wildman–Crippen LogP) is 2.78. The van der Waals surface area contributed by atoms with Crippen molar-refractivity contribution in [1.29, 1.82) is 0 Å². The van der Waals surface area contributed by atoms with Crippen LogP contribution >= 0.6 is 0 Å². The van der Waals surface area contributed by atoms with Crippen molar-refractivity contribution >= 4 is 17.6 Å². The average molecular weight is 381 g/mol. The summed E-state index contributed by atoms with van der Waals surface area (Å²) in [5.74, 6) is -1.28. The lowest BCUT2D eigenvalue weighted by atomic mass is 10.1. The number of aromatic nitrogens is 4. The molecule has 8 heteroatoms. The van der Waals surface area contributed by atoms with Gasteiger partial charge >= 0.3 is 5.97 Å². The number of carbonyl (C=O) groups excluding carboxylic acids is 1. The molecule has 8 nitrogen and oxygen atoms in total. The molecule has 0 atom stereocenters. The van der Waals surface area contributed by atoms with Gasteiger partial charge in [0.25, 0.3) is 0 Å². The lowest BCUT2D eigenvalue weighted by molar-refractivity contribution is -0.116. The second kappa shape index (κ2) is 8.08. The lowest BCUT2D eigenvalue weighted by Gasteiger charge is -2.08. The van der Waals surface area contributed by atoms with E-state index in [9.17, 15) is 9.59 Å². The number of hydrogen-bond acceptors (Lipinski definition) is 4. The largest absolute Gasteiger partial charge is 0.477 e. The molecule has 0 fully saturated rings.